The van der Waals surface area contributed by atoms with Crippen LogP contribution in [0.2, 0.25) is 15.1 Å². The number of halogens is 3. The van der Waals surface area contributed by atoms with Crippen molar-refractivity contribution in [1.82, 2.24) is 9.88 Å². The number of rotatable bonds is 4. The van der Waals surface area contributed by atoms with Crippen LogP contribution in [0.5, 0.6) is 0 Å². The van der Waals surface area contributed by atoms with E-state index < -0.39 is 0 Å². The molecule has 0 saturated carbocycles. The zero-order valence-corrected chi connectivity index (χ0v) is 17.8. The SMILES string of the molecule is Clc1ccc(CN2CCC(Sc3cc4ccncc4cc3Cl)CC2)c(Cl)c1. The fourth-order valence-electron chi connectivity index (χ4n) is 3.43. The van der Waals surface area contributed by atoms with Crippen molar-refractivity contribution in [2.24, 2.45) is 0 Å². The van der Waals surface area contributed by atoms with Gasteiger partial charge in [-0.25, -0.2) is 0 Å². The molecule has 0 bridgehead atoms. The maximum absolute atomic E-state index is 6.50. The average Bonchev–Trinajstić information content (AvgIpc) is 2.66. The van der Waals surface area contributed by atoms with Gasteiger partial charge in [-0.15, -0.1) is 11.8 Å². The second-order valence-electron chi connectivity index (χ2n) is 6.83. The number of likely N-dealkylation sites (tertiary alicyclic amines) is 1. The Morgan fingerprint density at radius 1 is 0.963 bits per heavy atom. The maximum atomic E-state index is 6.50. The summed E-state index contributed by atoms with van der Waals surface area (Å²) in [6.07, 6.45) is 5.96. The Labute approximate surface area is 178 Å². The molecule has 1 aromatic heterocycles. The predicted octanol–water partition coefficient (Wildman–Crippen LogP) is 6.95. The third-order valence-electron chi connectivity index (χ3n) is 4.93. The normalized spacial score (nSPS) is 16.1. The van der Waals surface area contributed by atoms with Gasteiger partial charge in [0.05, 0.1) is 5.02 Å². The lowest BCUT2D eigenvalue weighted by atomic mass is 10.1. The summed E-state index contributed by atoms with van der Waals surface area (Å²) in [5.74, 6) is 0. The van der Waals surface area contributed by atoms with E-state index in [1.165, 1.54) is 5.39 Å². The molecule has 2 nitrogen and oxygen atoms in total. The monoisotopic (exact) mass is 436 g/mol. The molecule has 0 N–H and O–H groups in total. The molecule has 2 heterocycles. The molecule has 1 fully saturated rings. The Morgan fingerprint density at radius 2 is 1.78 bits per heavy atom. The average molecular weight is 438 g/mol. The molecule has 4 rings (SSSR count). The van der Waals surface area contributed by atoms with E-state index in [0.717, 1.165) is 58.4 Å². The number of nitrogens with zero attached hydrogens (tertiary/aromatic N) is 2. The molecule has 3 aromatic rings. The molecule has 0 spiro atoms. The lowest BCUT2D eigenvalue weighted by molar-refractivity contribution is 0.225. The first kappa shape index (κ1) is 19.4. The molecule has 0 aliphatic carbocycles. The number of hydrogen-bond donors (Lipinski definition) is 0. The van der Waals surface area contributed by atoms with Crippen LogP contribution < -0.4 is 0 Å². The number of thioether (sulfide) groups is 1. The molecule has 27 heavy (non-hydrogen) atoms. The lowest BCUT2D eigenvalue weighted by Crippen LogP contribution is -2.34. The second-order valence-corrected chi connectivity index (χ2v) is 9.43. The Morgan fingerprint density at radius 3 is 2.56 bits per heavy atom. The fraction of sp³-hybridized carbons (Fsp3) is 0.286. The van der Waals surface area contributed by atoms with E-state index in [0.29, 0.717) is 10.3 Å². The van der Waals surface area contributed by atoms with E-state index in [1.807, 2.05) is 54.5 Å². The molecule has 1 aliphatic heterocycles. The first-order chi connectivity index (χ1) is 13.1. The molecular formula is C21H19Cl3N2S. The lowest BCUT2D eigenvalue weighted by Gasteiger charge is -2.32. The van der Waals surface area contributed by atoms with E-state index in [4.69, 9.17) is 34.8 Å². The van der Waals surface area contributed by atoms with Gasteiger partial charge in [-0.2, -0.15) is 0 Å². The highest BCUT2D eigenvalue weighted by Crippen LogP contribution is 2.37. The molecular weight excluding hydrogens is 419 g/mol. The summed E-state index contributed by atoms with van der Waals surface area (Å²) in [5.41, 5.74) is 1.14. The van der Waals surface area contributed by atoms with Crippen molar-refractivity contribution >= 4 is 57.3 Å². The van der Waals surface area contributed by atoms with Crippen molar-refractivity contribution in [1.29, 1.82) is 0 Å². The summed E-state index contributed by atoms with van der Waals surface area (Å²) in [5, 5.41) is 5.10. The van der Waals surface area contributed by atoms with E-state index in [1.54, 1.807) is 0 Å². The van der Waals surface area contributed by atoms with Crippen LogP contribution >= 0.6 is 46.6 Å². The second kappa shape index (κ2) is 8.59. The summed E-state index contributed by atoms with van der Waals surface area (Å²) in [6, 6.07) is 12.0. The van der Waals surface area contributed by atoms with Crippen molar-refractivity contribution in [3.8, 4) is 0 Å². The largest absolute Gasteiger partial charge is 0.299 e. The molecule has 2 aromatic carbocycles. The molecule has 1 aliphatic rings. The van der Waals surface area contributed by atoms with Gasteiger partial charge in [0.2, 0.25) is 0 Å². The van der Waals surface area contributed by atoms with Gasteiger partial charge in [0.1, 0.15) is 0 Å². The molecule has 0 amide bonds. The third-order valence-corrected chi connectivity index (χ3v) is 7.34. The minimum absolute atomic E-state index is 0.582. The van der Waals surface area contributed by atoms with Crippen LogP contribution in [0.1, 0.15) is 18.4 Å². The topological polar surface area (TPSA) is 16.1 Å². The number of hydrogen-bond acceptors (Lipinski definition) is 3. The van der Waals surface area contributed by atoms with Gasteiger partial charge in [-0.1, -0.05) is 40.9 Å². The van der Waals surface area contributed by atoms with Crippen molar-refractivity contribution in [2.75, 3.05) is 13.1 Å². The molecule has 6 heteroatoms. The first-order valence-electron chi connectivity index (χ1n) is 8.95. The molecule has 1 saturated heterocycles. The van der Waals surface area contributed by atoms with Gasteiger partial charge in [-0.05, 0) is 67.2 Å². The fourth-order valence-corrected chi connectivity index (χ4v) is 5.38. The Hall–Kier alpha value is -0.970. The van der Waals surface area contributed by atoms with E-state index in [9.17, 15) is 0 Å². The highest BCUT2D eigenvalue weighted by atomic mass is 35.5. The van der Waals surface area contributed by atoms with Gasteiger partial charge in [-0.3, -0.25) is 9.88 Å². The third kappa shape index (κ3) is 4.72. The quantitative estimate of drug-likeness (QED) is 0.439. The van der Waals surface area contributed by atoms with Crippen LogP contribution in [0.3, 0.4) is 0 Å². The summed E-state index contributed by atoms with van der Waals surface area (Å²) in [4.78, 5) is 7.79. The molecule has 0 unspecified atom stereocenters. The van der Waals surface area contributed by atoms with Crippen molar-refractivity contribution < 1.29 is 0 Å². The number of aromatic nitrogens is 1. The minimum atomic E-state index is 0.582. The van der Waals surface area contributed by atoms with Crippen LogP contribution in [0.4, 0.5) is 0 Å². The Balaban J connectivity index is 1.37. The molecule has 140 valence electrons. The van der Waals surface area contributed by atoms with Gasteiger partial charge >= 0.3 is 0 Å². The molecule has 0 atom stereocenters. The van der Waals surface area contributed by atoms with E-state index in [2.05, 4.69) is 16.0 Å². The van der Waals surface area contributed by atoms with Crippen molar-refractivity contribution in [3.63, 3.8) is 0 Å². The number of piperidine rings is 1. The number of fused-ring (bicyclic) bond motifs is 1. The van der Waals surface area contributed by atoms with Crippen LogP contribution in [-0.4, -0.2) is 28.2 Å². The summed E-state index contributed by atoms with van der Waals surface area (Å²) < 4.78 is 0. The summed E-state index contributed by atoms with van der Waals surface area (Å²) in [7, 11) is 0. The molecule has 0 radical (unpaired) electrons. The predicted molar refractivity (Wildman–Crippen MR) is 117 cm³/mol. The van der Waals surface area contributed by atoms with Gasteiger partial charge in [0.15, 0.2) is 0 Å². The number of pyridine rings is 1. The standard InChI is InChI=1S/C21H19Cl3N2S/c22-17-2-1-15(19(23)11-17)13-26-7-4-18(5-8-26)27-21-10-14-3-6-25-12-16(14)9-20(21)24/h1-3,6,9-12,18H,4-5,7-8,13H2. The van der Waals surface area contributed by atoms with Crippen molar-refractivity contribution in [3.05, 3.63) is 69.4 Å². The highest BCUT2D eigenvalue weighted by molar-refractivity contribution is 8.00. The minimum Gasteiger partial charge on any atom is -0.299 e. The first-order valence-corrected chi connectivity index (χ1v) is 11.0. The number of benzene rings is 2. The van der Waals surface area contributed by atoms with E-state index in [-0.39, 0.29) is 0 Å². The Kier molecular flexibility index (Phi) is 6.15. The van der Waals surface area contributed by atoms with Crippen LogP contribution in [-0.2, 0) is 6.54 Å². The van der Waals surface area contributed by atoms with Crippen LogP contribution in [0.15, 0.2) is 53.7 Å². The van der Waals surface area contributed by atoms with E-state index >= 15 is 0 Å². The zero-order chi connectivity index (χ0) is 18.8. The Bertz CT molecular complexity index is 955. The van der Waals surface area contributed by atoms with Crippen molar-refractivity contribution in [2.45, 2.75) is 29.5 Å². The zero-order valence-electron chi connectivity index (χ0n) is 14.7. The smallest absolute Gasteiger partial charge is 0.0548 e. The summed E-state index contributed by atoms with van der Waals surface area (Å²) in [6.45, 7) is 2.99. The summed E-state index contributed by atoms with van der Waals surface area (Å²) >= 11 is 20.7. The maximum Gasteiger partial charge on any atom is 0.0548 e. The van der Waals surface area contributed by atoms with Gasteiger partial charge < -0.3 is 0 Å². The van der Waals surface area contributed by atoms with Crippen LogP contribution in [0.25, 0.3) is 10.8 Å². The van der Waals surface area contributed by atoms with Gasteiger partial charge in [0, 0.05) is 44.5 Å². The van der Waals surface area contributed by atoms with Gasteiger partial charge in [0.25, 0.3) is 0 Å². The highest BCUT2D eigenvalue weighted by Gasteiger charge is 2.21. The van der Waals surface area contributed by atoms with Crippen LogP contribution in [0, 0.1) is 0 Å².